The van der Waals surface area contributed by atoms with Crippen LogP contribution in [0.2, 0.25) is 6.32 Å². The van der Waals surface area contributed by atoms with Crippen molar-refractivity contribution in [2.45, 2.75) is 25.0 Å². The molecule has 0 saturated carbocycles. The number of hydrogen-bond donors (Lipinski definition) is 2. The first kappa shape index (κ1) is 16.0. The predicted octanol–water partition coefficient (Wildman–Crippen LogP) is 1.25. The number of halogens is 3. The first-order valence-electron chi connectivity index (χ1n) is 5.33. The van der Waals surface area contributed by atoms with Gasteiger partial charge in [-0.25, -0.2) is 4.98 Å². The lowest BCUT2D eigenvalue weighted by atomic mass is 9.88. The Hall–Kier alpha value is -2.08. The Morgan fingerprint density at radius 2 is 2.20 bits per heavy atom. The van der Waals surface area contributed by atoms with Gasteiger partial charge in [-0.2, -0.15) is 18.4 Å². The quantitative estimate of drug-likeness (QED) is 0.817. The molecule has 0 aliphatic carbocycles. The zero-order valence-electron chi connectivity index (χ0n) is 10.3. The van der Waals surface area contributed by atoms with E-state index in [0.29, 0.717) is 6.07 Å². The second-order valence-corrected chi connectivity index (χ2v) is 4.16. The summed E-state index contributed by atoms with van der Waals surface area (Å²) in [7, 11) is 5.16. The highest BCUT2D eigenvalue weighted by Crippen LogP contribution is 2.32. The minimum atomic E-state index is -4.78. The van der Waals surface area contributed by atoms with E-state index >= 15 is 0 Å². The number of nitrogens with zero attached hydrogens (tertiary/aromatic N) is 2. The standard InChI is InChI=1S/C11H9BF3N3O2/c1-10(20,5-12)9(19)18-6-2-7(11(13,14)15)8(3-16)17-4-6/h2,4,20H,5H2,1H3,(H,18,19)/t10-/m0/s1. The number of nitriles is 1. The second-order valence-electron chi connectivity index (χ2n) is 4.16. The Bertz CT molecular complexity index is 567. The smallest absolute Gasteiger partial charge is 0.381 e. The summed E-state index contributed by atoms with van der Waals surface area (Å²) in [6.07, 6.45) is -4.30. The lowest BCUT2D eigenvalue weighted by molar-refractivity contribution is -0.138. The number of aromatic nitrogens is 1. The average Bonchev–Trinajstić information content (AvgIpc) is 2.37. The molecule has 1 aromatic heterocycles. The van der Waals surface area contributed by atoms with Crippen LogP contribution in [0.3, 0.4) is 0 Å². The largest absolute Gasteiger partial charge is 0.419 e. The van der Waals surface area contributed by atoms with Crippen LogP contribution in [0, 0.1) is 11.3 Å². The molecule has 0 spiro atoms. The highest BCUT2D eigenvalue weighted by Gasteiger charge is 2.35. The maximum Gasteiger partial charge on any atom is 0.419 e. The van der Waals surface area contributed by atoms with Gasteiger partial charge >= 0.3 is 6.18 Å². The summed E-state index contributed by atoms with van der Waals surface area (Å²) < 4.78 is 38.0. The van der Waals surface area contributed by atoms with E-state index in [0.717, 1.165) is 13.1 Å². The molecule has 104 valence electrons. The monoisotopic (exact) mass is 283 g/mol. The summed E-state index contributed by atoms with van der Waals surface area (Å²) in [4.78, 5) is 14.9. The fourth-order valence-corrected chi connectivity index (χ4v) is 1.20. The molecule has 5 nitrogen and oxygen atoms in total. The van der Waals surface area contributed by atoms with Gasteiger partial charge in [0.1, 0.15) is 11.7 Å². The Labute approximate surface area is 113 Å². The maximum absolute atomic E-state index is 12.7. The van der Waals surface area contributed by atoms with Crippen LogP contribution in [0.1, 0.15) is 18.2 Å². The van der Waals surface area contributed by atoms with Gasteiger partial charge in [-0.1, -0.05) is 6.32 Å². The van der Waals surface area contributed by atoms with Crippen molar-refractivity contribution in [2.24, 2.45) is 0 Å². The van der Waals surface area contributed by atoms with Gasteiger partial charge in [0.05, 0.1) is 25.3 Å². The minimum absolute atomic E-state index is 0.296. The molecule has 9 heteroatoms. The molecule has 1 atom stereocenters. The van der Waals surface area contributed by atoms with Crippen LogP contribution in [-0.2, 0) is 11.0 Å². The van der Waals surface area contributed by atoms with Gasteiger partial charge < -0.3 is 10.4 Å². The Morgan fingerprint density at radius 3 is 2.65 bits per heavy atom. The molecule has 20 heavy (non-hydrogen) atoms. The van der Waals surface area contributed by atoms with Crippen LogP contribution in [0.4, 0.5) is 18.9 Å². The zero-order chi connectivity index (χ0) is 15.6. The van der Waals surface area contributed by atoms with E-state index < -0.39 is 35.3 Å². The van der Waals surface area contributed by atoms with Crippen molar-refractivity contribution in [2.75, 3.05) is 5.32 Å². The molecule has 0 aliphatic rings. The normalized spacial score (nSPS) is 14.2. The van der Waals surface area contributed by atoms with Crippen molar-refractivity contribution in [3.8, 4) is 6.07 Å². The number of carbonyl (C=O) groups is 1. The average molecular weight is 283 g/mol. The van der Waals surface area contributed by atoms with Crippen LogP contribution in [0.5, 0.6) is 0 Å². The molecule has 0 saturated heterocycles. The molecule has 2 N–H and O–H groups in total. The van der Waals surface area contributed by atoms with Gasteiger partial charge in [0, 0.05) is 0 Å². The Morgan fingerprint density at radius 1 is 1.60 bits per heavy atom. The van der Waals surface area contributed by atoms with Gasteiger partial charge in [0.2, 0.25) is 0 Å². The van der Waals surface area contributed by atoms with Crippen LogP contribution in [0.25, 0.3) is 0 Å². The number of hydrogen-bond acceptors (Lipinski definition) is 4. The molecular formula is C11H9BF3N3O2. The van der Waals surface area contributed by atoms with Crippen molar-refractivity contribution in [1.29, 1.82) is 5.26 Å². The Kier molecular flexibility index (Phi) is 4.40. The molecule has 0 aliphatic heterocycles. The number of alkyl halides is 3. The summed E-state index contributed by atoms with van der Waals surface area (Å²) in [5.41, 5.74) is -4.30. The number of amides is 1. The van der Waals surface area contributed by atoms with Crippen LogP contribution < -0.4 is 5.32 Å². The molecule has 0 fully saturated rings. The number of pyridine rings is 1. The number of aliphatic hydroxyl groups is 1. The topological polar surface area (TPSA) is 86.0 Å². The molecule has 1 heterocycles. The highest BCUT2D eigenvalue weighted by molar-refractivity contribution is 6.13. The number of anilines is 1. The van der Waals surface area contributed by atoms with Gasteiger partial charge in [-0.05, 0) is 13.0 Å². The second kappa shape index (κ2) is 5.50. The molecule has 1 amide bonds. The molecule has 1 aromatic rings. The van der Waals surface area contributed by atoms with Crippen molar-refractivity contribution in [1.82, 2.24) is 4.98 Å². The highest BCUT2D eigenvalue weighted by atomic mass is 19.4. The van der Waals surface area contributed by atoms with E-state index in [4.69, 9.17) is 13.1 Å². The molecule has 0 aromatic carbocycles. The van der Waals surface area contributed by atoms with Gasteiger partial charge in [-0.3, -0.25) is 4.79 Å². The summed E-state index contributed by atoms with van der Waals surface area (Å²) in [5.74, 6) is -0.973. The molecule has 1 rings (SSSR count). The van der Waals surface area contributed by atoms with Crippen molar-refractivity contribution >= 4 is 19.4 Å². The van der Waals surface area contributed by atoms with Crippen molar-refractivity contribution in [3.63, 3.8) is 0 Å². The number of carbonyl (C=O) groups excluding carboxylic acids is 1. The van der Waals surface area contributed by atoms with Crippen LogP contribution in [0.15, 0.2) is 12.3 Å². The van der Waals surface area contributed by atoms with Crippen molar-refractivity contribution < 1.29 is 23.1 Å². The third kappa shape index (κ3) is 3.48. The van der Waals surface area contributed by atoms with E-state index in [2.05, 4.69) is 10.3 Å². The molecule has 2 radical (unpaired) electrons. The summed E-state index contributed by atoms with van der Waals surface area (Å²) in [6, 6.07) is 1.88. The van der Waals surface area contributed by atoms with Gasteiger partial charge in [0.15, 0.2) is 5.69 Å². The number of nitrogens with one attached hydrogen (secondary N) is 1. The van der Waals surface area contributed by atoms with Crippen LogP contribution >= 0.6 is 0 Å². The Balaban J connectivity index is 3.12. The first-order valence-corrected chi connectivity index (χ1v) is 5.33. The SMILES string of the molecule is [B]C[C@](C)(O)C(=O)Nc1cnc(C#N)c(C(F)(F)F)c1. The summed E-state index contributed by atoms with van der Waals surface area (Å²) >= 11 is 0. The van der Waals surface area contributed by atoms with Crippen molar-refractivity contribution in [3.05, 3.63) is 23.5 Å². The lowest BCUT2D eigenvalue weighted by Gasteiger charge is -2.20. The molecule has 0 unspecified atom stereocenters. The number of rotatable bonds is 3. The van der Waals surface area contributed by atoms with Gasteiger partial charge in [0.25, 0.3) is 5.91 Å². The first-order chi connectivity index (χ1) is 9.11. The molecular weight excluding hydrogens is 274 g/mol. The summed E-state index contributed by atoms with van der Waals surface area (Å²) in [5, 5.41) is 20.2. The maximum atomic E-state index is 12.7. The zero-order valence-corrected chi connectivity index (χ0v) is 10.3. The fourth-order valence-electron chi connectivity index (χ4n) is 1.20. The van der Waals surface area contributed by atoms with E-state index in [1.807, 2.05) is 0 Å². The van der Waals surface area contributed by atoms with E-state index in [1.54, 1.807) is 0 Å². The van der Waals surface area contributed by atoms with E-state index in [9.17, 15) is 23.1 Å². The van der Waals surface area contributed by atoms with E-state index in [-0.39, 0.29) is 5.69 Å². The minimum Gasteiger partial charge on any atom is -0.381 e. The third-order valence-corrected chi connectivity index (χ3v) is 2.44. The molecule has 0 bridgehead atoms. The summed E-state index contributed by atoms with van der Waals surface area (Å²) in [6.45, 7) is 1.12. The fraction of sp³-hybridized carbons (Fsp3) is 0.364. The van der Waals surface area contributed by atoms with E-state index in [1.165, 1.54) is 6.07 Å². The lowest BCUT2D eigenvalue weighted by Crippen LogP contribution is -2.39. The van der Waals surface area contributed by atoms with Gasteiger partial charge in [-0.15, -0.1) is 0 Å². The van der Waals surface area contributed by atoms with Crippen LogP contribution in [-0.4, -0.2) is 29.4 Å². The third-order valence-electron chi connectivity index (χ3n) is 2.44. The predicted molar refractivity (Wildman–Crippen MR) is 63.8 cm³/mol.